The molecule has 194 valence electrons. The fraction of sp³-hybridized carbons (Fsp3) is 0.280. The molecule has 1 aliphatic heterocycles. The number of nitrogens with one attached hydrogen (secondary N) is 1. The van der Waals surface area contributed by atoms with Gasteiger partial charge in [0.1, 0.15) is 16.7 Å². The van der Waals surface area contributed by atoms with E-state index in [1.807, 2.05) is 0 Å². The van der Waals surface area contributed by atoms with E-state index in [1.54, 1.807) is 37.3 Å². The largest absolute Gasteiger partial charge is 0.493 e. The van der Waals surface area contributed by atoms with E-state index in [2.05, 4.69) is 5.43 Å². The Bertz CT molecular complexity index is 1420. The molecule has 1 aliphatic rings. The van der Waals surface area contributed by atoms with Crippen LogP contribution in [0.5, 0.6) is 17.2 Å². The van der Waals surface area contributed by atoms with Gasteiger partial charge in [0.15, 0.2) is 18.1 Å². The summed E-state index contributed by atoms with van der Waals surface area (Å²) in [7, 11) is 2.96. The number of hydrazine groups is 1. The van der Waals surface area contributed by atoms with Crippen molar-refractivity contribution in [1.29, 1.82) is 0 Å². The van der Waals surface area contributed by atoms with Crippen LogP contribution in [0.25, 0.3) is 11.0 Å². The van der Waals surface area contributed by atoms with E-state index < -0.39 is 47.1 Å². The lowest BCUT2D eigenvalue weighted by molar-refractivity contribution is -0.144. The van der Waals surface area contributed by atoms with Crippen LogP contribution in [0.15, 0.2) is 51.7 Å². The van der Waals surface area contributed by atoms with Crippen molar-refractivity contribution in [3.05, 3.63) is 64.0 Å². The Hall–Kier alpha value is -4.19. The minimum absolute atomic E-state index is 0.290. The number of carboxylic acids is 1. The Balaban J connectivity index is 1.51. The SMILES string of the molecule is COc1ccc(C2SC(CC(=O)O)C(=O)N2NC(=O)COc2ccc3c(C)cc(=O)oc3c2)cc1OC. The molecule has 0 bridgehead atoms. The molecule has 0 radical (unpaired) electrons. The zero-order chi connectivity index (χ0) is 26.7. The van der Waals surface area contributed by atoms with E-state index in [-0.39, 0.29) is 0 Å². The summed E-state index contributed by atoms with van der Waals surface area (Å²) in [6.45, 7) is 1.34. The predicted octanol–water partition coefficient (Wildman–Crippen LogP) is 2.65. The average Bonchev–Trinajstić information content (AvgIpc) is 3.16. The topological polar surface area (TPSA) is 145 Å². The summed E-state index contributed by atoms with van der Waals surface area (Å²) in [6.07, 6.45) is -0.405. The van der Waals surface area contributed by atoms with E-state index in [4.69, 9.17) is 18.6 Å². The highest BCUT2D eigenvalue weighted by Gasteiger charge is 2.43. The van der Waals surface area contributed by atoms with Gasteiger partial charge in [-0.15, -0.1) is 11.8 Å². The van der Waals surface area contributed by atoms with Gasteiger partial charge in [-0.25, -0.2) is 9.80 Å². The van der Waals surface area contributed by atoms with Crippen LogP contribution in [0.1, 0.15) is 22.9 Å². The van der Waals surface area contributed by atoms with Crippen LogP contribution >= 0.6 is 11.8 Å². The minimum atomic E-state index is -1.13. The number of methoxy groups -OCH3 is 2. The maximum Gasteiger partial charge on any atom is 0.336 e. The summed E-state index contributed by atoms with van der Waals surface area (Å²) >= 11 is 1.10. The number of hydrogen-bond acceptors (Lipinski definition) is 9. The van der Waals surface area contributed by atoms with Crippen molar-refractivity contribution in [1.82, 2.24) is 10.4 Å². The monoisotopic (exact) mass is 528 g/mol. The number of aliphatic carboxylic acids is 1. The van der Waals surface area contributed by atoms with Gasteiger partial charge in [-0.2, -0.15) is 0 Å². The number of amides is 2. The lowest BCUT2D eigenvalue weighted by atomic mass is 10.1. The fourth-order valence-corrected chi connectivity index (χ4v) is 5.26. The Labute approximate surface area is 215 Å². The van der Waals surface area contributed by atoms with Crippen molar-refractivity contribution >= 4 is 40.5 Å². The third-order valence-electron chi connectivity index (χ3n) is 5.63. The first kappa shape index (κ1) is 25.9. The molecule has 2 unspecified atom stereocenters. The highest BCUT2D eigenvalue weighted by atomic mass is 32.2. The second kappa shape index (κ2) is 10.8. The maximum absolute atomic E-state index is 13.0. The second-order valence-electron chi connectivity index (χ2n) is 8.13. The van der Waals surface area contributed by atoms with Gasteiger partial charge in [0, 0.05) is 17.5 Å². The molecule has 1 saturated heterocycles. The molecule has 0 saturated carbocycles. The van der Waals surface area contributed by atoms with Gasteiger partial charge in [-0.05, 0) is 42.3 Å². The third-order valence-corrected chi connectivity index (χ3v) is 7.07. The van der Waals surface area contributed by atoms with E-state index in [1.165, 1.54) is 26.4 Å². The lowest BCUT2D eigenvalue weighted by Crippen LogP contribution is -2.47. The number of fused-ring (bicyclic) bond motifs is 1. The predicted molar refractivity (Wildman–Crippen MR) is 134 cm³/mol. The molecule has 2 N–H and O–H groups in total. The molecule has 37 heavy (non-hydrogen) atoms. The van der Waals surface area contributed by atoms with Crippen molar-refractivity contribution in [2.75, 3.05) is 20.8 Å². The van der Waals surface area contributed by atoms with E-state index in [0.29, 0.717) is 28.4 Å². The summed E-state index contributed by atoms with van der Waals surface area (Å²) in [5, 5.41) is 9.46. The Morgan fingerprint density at radius 1 is 1.08 bits per heavy atom. The quantitative estimate of drug-likeness (QED) is 0.398. The highest BCUT2D eigenvalue weighted by molar-refractivity contribution is 8.01. The zero-order valence-corrected chi connectivity index (χ0v) is 21.0. The molecule has 2 heterocycles. The molecule has 2 aromatic carbocycles. The van der Waals surface area contributed by atoms with E-state index in [9.17, 15) is 24.3 Å². The van der Waals surface area contributed by atoms with Gasteiger partial charge in [-0.3, -0.25) is 19.8 Å². The molecule has 4 rings (SSSR count). The molecule has 1 aromatic heterocycles. The molecule has 2 atom stereocenters. The Kier molecular flexibility index (Phi) is 7.58. The van der Waals surface area contributed by atoms with Crippen molar-refractivity contribution in [3.8, 4) is 17.2 Å². The molecule has 2 amide bonds. The number of hydrogen-bond donors (Lipinski definition) is 2. The number of nitrogens with zero attached hydrogens (tertiary/aromatic N) is 1. The first-order valence-electron chi connectivity index (χ1n) is 11.1. The van der Waals surface area contributed by atoms with Gasteiger partial charge < -0.3 is 23.7 Å². The summed E-state index contributed by atoms with van der Waals surface area (Å²) in [6, 6.07) is 11.3. The van der Waals surface area contributed by atoms with Crippen LogP contribution in [0, 0.1) is 6.92 Å². The fourth-order valence-electron chi connectivity index (χ4n) is 3.90. The van der Waals surface area contributed by atoms with Crippen LogP contribution in [0.3, 0.4) is 0 Å². The van der Waals surface area contributed by atoms with Crippen molar-refractivity contribution in [2.45, 2.75) is 24.0 Å². The standard InChI is InChI=1S/C25H24N2O9S/c1-13-8-23(31)36-18-10-15(5-6-16(13)18)35-12-21(28)26-27-24(32)20(11-22(29)30)37-25(27)14-4-7-17(33-2)19(9-14)34-3/h4-10,20,25H,11-12H2,1-3H3,(H,26,28)(H,29,30). The molecular weight excluding hydrogens is 504 g/mol. The molecule has 1 fully saturated rings. The molecule has 11 nitrogen and oxygen atoms in total. The second-order valence-corrected chi connectivity index (χ2v) is 9.42. The van der Waals surface area contributed by atoms with Crippen LogP contribution < -0.4 is 25.3 Å². The zero-order valence-electron chi connectivity index (χ0n) is 20.2. The minimum Gasteiger partial charge on any atom is -0.493 e. The van der Waals surface area contributed by atoms with Crippen molar-refractivity contribution in [2.24, 2.45) is 0 Å². The number of aryl methyl sites for hydroxylation is 1. The van der Waals surface area contributed by atoms with Crippen LogP contribution in [-0.4, -0.2) is 54.0 Å². The number of thioether (sulfide) groups is 1. The molecule has 0 aliphatic carbocycles. The number of ether oxygens (including phenoxy) is 3. The van der Waals surface area contributed by atoms with Crippen molar-refractivity contribution in [3.63, 3.8) is 0 Å². The smallest absolute Gasteiger partial charge is 0.336 e. The van der Waals surface area contributed by atoms with E-state index in [0.717, 1.165) is 27.7 Å². The summed E-state index contributed by atoms with van der Waals surface area (Å²) in [5.74, 6) is -1.13. The Morgan fingerprint density at radius 3 is 2.54 bits per heavy atom. The molecule has 12 heteroatoms. The maximum atomic E-state index is 13.0. The average molecular weight is 529 g/mol. The molecule has 3 aromatic rings. The van der Waals surface area contributed by atoms with Crippen LogP contribution in [0.2, 0.25) is 0 Å². The van der Waals surface area contributed by atoms with Gasteiger partial charge >= 0.3 is 11.6 Å². The number of rotatable bonds is 9. The molecular formula is C25H24N2O9S. The van der Waals surface area contributed by atoms with Crippen molar-refractivity contribution < 1.29 is 38.1 Å². The third kappa shape index (κ3) is 5.64. The Morgan fingerprint density at radius 2 is 1.84 bits per heavy atom. The van der Waals surface area contributed by atoms with Gasteiger partial charge in [0.25, 0.3) is 11.8 Å². The van der Waals surface area contributed by atoms with Crippen LogP contribution in [0.4, 0.5) is 0 Å². The van der Waals surface area contributed by atoms with Gasteiger partial charge in [0.05, 0.1) is 25.9 Å². The van der Waals surface area contributed by atoms with Crippen LogP contribution in [-0.2, 0) is 14.4 Å². The summed E-state index contributed by atoms with van der Waals surface area (Å²) in [5.41, 5.74) is 3.70. The highest BCUT2D eigenvalue weighted by Crippen LogP contribution is 2.45. The first-order valence-corrected chi connectivity index (χ1v) is 12.0. The first-order chi connectivity index (χ1) is 17.7. The number of carbonyl (C=O) groups is 3. The van der Waals surface area contributed by atoms with E-state index >= 15 is 0 Å². The normalized spacial score (nSPS) is 17.1. The number of carbonyl (C=O) groups excluding carboxylic acids is 2. The lowest BCUT2D eigenvalue weighted by Gasteiger charge is -2.25. The molecule has 0 spiro atoms. The van der Waals surface area contributed by atoms with Gasteiger partial charge in [-0.1, -0.05) is 6.07 Å². The summed E-state index contributed by atoms with van der Waals surface area (Å²) < 4.78 is 21.3. The number of benzene rings is 2. The van der Waals surface area contributed by atoms with Gasteiger partial charge in [0.2, 0.25) is 0 Å². The summed E-state index contributed by atoms with van der Waals surface area (Å²) in [4.78, 5) is 48.7. The number of carboxylic acid groups (broad SMARTS) is 1.